The van der Waals surface area contributed by atoms with Crippen LogP contribution in [-0.4, -0.2) is 12.3 Å². The molecular weight excluding hydrogens is 171 g/mol. The van der Waals surface area contributed by atoms with E-state index in [-0.39, 0.29) is 17.7 Å². The number of carbonyl (C=O) groups excluding carboxylic acids is 1. The van der Waals surface area contributed by atoms with Crippen LogP contribution in [0.25, 0.3) is 0 Å². The Morgan fingerprint density at radius 2 is 2.31 bits per heavy atom. The lowest BCUT2D eigenvalue weighted by Gasteiger charge is -1.99. The molecule has 0 saturated heterocycles. The van der Waals surface area contributed by atoms with Crippen molar-refractivity contribution >= 4 is 5.78 Å². The minimum absolute atomic E-state index is 0.124. The summed E-state index contributed by atoms with van der Waals surface area (Å²) in [6, 6.07) is 5.41. The van der Waals surface area contributed by atoms with E-state index in [2.05, 4.69) is 0 Å². The minimum atomic E-state index is -0.644. The third-order valence-corrected chi connectivity index (χ3v) is 1.58. The Labute approximate surface area is 74.6 Å². The highest BCUT2D eigenvalue weighted by Gasteiger charge is 2.10. The summed E-state index contributed by atoms with van der Waals surface area (Å²) >= 11 is 0. The van der Waals surface area contributed by atoms with Crippen molar-refractivity contribution in [1.29, 1.82) is 5.26 Å². The van der Waals surface area contributed by atoms with Crippen molar-refractivity contribution in [2.24, 2.45) is 5.73 Å². The van der Waals surface area contributed by atoms with E-state index in [0.29, 0.717) is 0 Å². The van der Waals surface area contributed by atoms with Crippen molar-refractivity contribution in [1.82, 2.24) is 0 Å². The fourth-order valence-electron chi connectivity index (χ4n) is 0.918. The molecule has 0 aliphatic rings. The Morgan fingerprint density at radius 1 is 1.62 bits per heavy atom. The standard InChI is InChI=1S/C9H7FN2O/c10-8-2-1-6(4-11)3-7(8)9(13)5-12/h1-3H,5,12H2. The third-order valence-electron chi connectivity index (χ3n) is 1.58. The number of halogens is 1. The molecule has 0 spiro atoms. The first-order valence-corrected chi connectivity index (χ1v) is 3.62. The van der Waals surface area contributed by atoms with Gasteiger partial charge in [-0.3, -0.25) is 4.79 Å². The molecule has 66 valence electrons. The van der Waals surface area contributed by atoms with Crippen LogP contribution in [0, 0.1) is 17.1 Å². The number of hydrogen-bond acceptors (Lipinski definition) is 3. The number of hydrogen-bond donors (Lipinski definition) is 1. The molecule has 0 radical (unpaired) electrons. The highest BCUT2D eigenvalue weighted by Crippen LogP contribution is 2.10. The Kier molecular flexibility index (Phi) is 2.72. The molecule has 0 heterocycles. The van der Waals surface area contributed by atoms with E-state index in [0.717, 1.165) is 6.07 Å². The third kappa shape index (κ3) is 1.89. The van der Waals surface area contributed by atoms with Crippen LogP contribution in [-0.2, 0) is 0 Å². The lowest BCUT2D eigenvalue weighted by molar-refractivity contribution is 0.0997. The molecule has 0 unspecified atom stereocenters. The van der Waals surface area contributed by atoms with Crippen molar-refractivity contribution in [2.45, 2.75) is 0 Å². The van der Waals surface area contributed by atoms with Gasteiger partial charge < -0.3 is 5.73 Å². The molecule has 1 aromatic rings. The lowest BCUT2D eigenvalue weighted by Crippen LogP contribution is -2.15. The van der Waals surface area contributed by atoms with E-state index < -0.39 is 11.6 Å². The highest BCUT2D eigenvalue weighted by atomic mass is 19.1. The molecule has 0 bridgehead atoms. The number of nitrogens with zero attached hydrogens (tertiary/aromatic N) is 1. The predicted octanol–water partition coefficient (Wildman–Crippen LogP) is 0.839. The largest absolute Gasteiger partial charge is 0.324 e. The second kappa shape index (κ2) is 3.78. The monoisotopic (exact) mass is 178 g/mol. The fraction of sp³-hybridized carbons (Fsp3) is 0.111. The van der Waals surface area contributed by atoms with Gasteiger partial charge in [0, 0.05) is 0 Å². The molecular formula is C9H7FN2O. The average Bonchev–Trinajstić information content (AvgIpc) is 2.17. The van der Waals surface area contributed by atoms with Gasteiger partial charge in [-0.2, -0.15) is 5.26 Å². The van der Waals surface area contributed by atoms with Crippen molar-refractivity contribution in [3.05, 3.63) is 35.1 Å². The zero-order chi connectivity index (χ0) is 9.84. The van der Waals surface area contributed by atoms with Gasteiger partial charge in [0.2, 0.25) is 0 Å². The highest BCUT2D eigenvalue weighted by molar-refractivity contribution is 5.98. The van der Waals surface area contributed by atoms with Gasteiger partial charge in [-0.15, -0.1) is 0 Å². The molecule has 0 amide bonds. The Hall–Kier alpha value is -1.73. The fourth-order valence-corrected chi connectivity index (χ4v) is 0.918. The van der Waals surface area contributed by atoms with Crippen LogP contribution in [0.3, 0.4) is 0 Å². The first-order chi connectivity index (χ1) is 6.19. The second-order valence-electron chi connectivity index (χ2n) is 2.43. The van der Waals surface area contributed by atoms with Gasteiger partial charge in [-0.1, -0.05) is 0 Å². The SMILES string of the molecule is N#Cc1ccc(F)c(C(=O)CN)c1. The normalized spacial score (nSPS) is 9.31. The molecule has 3 nitrogen and oxygen atoms in total. The Morgan fingerprint density at radius 3 is 2.85 bits per heavy atom. The Balaban J connectivity index is 3.20. The summed E-state index contributed by atoms with van der Waals surface area (Å²) < 4.78 is 13.0. The molecule has 0 atom stereocenters. The van der Waals surface area contributed by atoms with E-state index in [4.69, 9.17) is 11.0 Å². The number of nitrogens with two attached hydrogens (primary N) is 1. The van der Waals surface area contributed by atoms with Crippen molar-refractivity contribution < 1.29 is 9.18 Å². The minimum Gasteiger partial charge on any atom is -0.324 e. The quantitative estimate of drug-likeness (QED) is 0.682. The zero-order valence-corrected chi connectivity index (χ0v) is 6.75. The number of carbonyl (C=O) groups is 1. The second-order valence-corrected chi connectivity index (χ2v) is 2.43. The van der Waals surface area contributed by atoms with Gasteiger partial charge in [-0.25, -0.2) is 4.39 Å². The van der Waals surface area contributed by atoms with Crippen LogP contribution >= 0.6 is 0 Å². The molecule has 0 aliphatic heterocycles. The summed E-state index contributed by atoms with van der Waals surface area (Å²) in [6.45, 7) is -0.258. The average molecular weight is 178 g/mol. The van der Waals surface area contributed by atoms with Gasteiger partial charge in [0.15, 0.2) is 5.78 Å². The number of ketones is 1. The summed E-state index contributed by atoms with van der Waals surface area (Å²) in [5.41, 5.74) is 5.19. The summed E-state index contributed by atoms with van der Waals surface area (Å²) in [6.07, 6.45) is 0. The van der Waals surface area contributed by atoms with Crippen LogP contribution in [0.4, 0.5) is 4.39 Å². The van der Waals surface area contributed by atoms with Gasteiger partial charge in [0.05, 0.1) is 23.7 Å². The van der Waals surface area contributed by atoms with Gasteiger partial charge >= 0.3 is 0 Å². The zero-order valence-electron chi connectivity index (χ0n) is 6.75. The van der Waals surface area contributed by atoms with Crippen molar-refractivity contribution in [3.63, 3.8) is 0 Å². The van der Waals surface area contributed by atoms with Gasteiger partial charge in [0.25, 0.3) is 0 Å². The van der Waals surface area contributed by atoms with E-state index >= 15 is 0 Å². The maximum atomic E-state index is 13.0. The molecule has 1 rings (SSSR count). The molecule has 4 heteroatoms. The van der Waals surface area contributed by atoms with E-state index in [9.17, 15) is 9.18 Å². The molecule has 0 aromatic heterocycles. The number of benzene rings is 1. The van der Waals surface area contributed by atoms with Crippen LogP contribution in [0.1, 0.15) is 15.9 Å². The predicted molar refractivity (Wildman–Crippen MR) is 44.5 cm³/mol. The number of nitriles is 1. The molecule has 0 saturated carbocycles. The summed E-state index contributed by atoms with van der Waals surface area (Å²) in [4.78, 5) is 11.0. The van der Waals surface area contributed by atoms with Crippen LogP contribution in [0.2, 0.25) is 0 Å². The molecule has 1 aromatic carbocycles. The Bertz CT molecular complexity index is 382. The maximum Gasteiger partial charge on any atom is 0.179 e. The number of rotatable bonds is 2. The van der Waals surface area contributed by atoms with E-state index in [1.807, 2.05) is 6.07 Å². The summed E-state index contributed by atoms with van der Waals surface area (Å²) in [7, 11) is 0. The van der Waals surface area contributed by atoms with Crippen LogP contribution < -0.4 is 5.73 Å². The summed E-state index contributed by atoms with van der Waals surface area (Å²) in [5, 5.41) is 8.49. The number of Topliss-reactive ketones (excluding diaryl/α,β-unsaturated/α-hetero) is 1. The smallest absolute Gasteiger partial charge is 0.179 e. The van der Waals surface area contributed by atoms with Crippen molar-refractivity contribution in [3.8, 4) is 6.07 Å². The molecule has 0 aliphatic carbocycles. The molecule has 0 fully saturated rings. The lowest BCUT2D eigenvalue weighted by atomic mass is 10.1. The summed E-state index contributed by atoms with van der Waals surface area (Å²) in [5.74, 6) is -1.15. The van der Waals surface area contributed by atoms with Crippen LogP contribution in [0.15, 0.2) is 18.2 Å². The maximum absolute atomic E-state index is 13.0. The van der Waals surface area contributed by atoms with Gasteiger partial charge in [-0.05, 0) is 18.2 Å². The van der Waals surface area contributed by atoms with E-state index in [1.165, 1.54) is 12.1 Å². The van der Waals surface area contributed by atoms with Gasteiger partial charge in [0.1, 0.15) is 5.82 Å². The topological polar surface area (TPSA) is 66.9 Å². The first-order valence-electron chi connectivity index (χ1n) is 3.62. The van der Waals surface area contributed by atoms with E-state index in [1.54, 1.807) is 0 Å². The molecule has 2 N–H and O–H groups in total. The first kappa shape index (κ1) is 9.36. The van der Waals surface area contributed by atoms with Crippen LogP contribution in [0.5, 0.6) is 0 Å². The van der Waals surface area contributed by atoms with Crippen molar-refractivity contribution in [2.75, 3.05) is 6.54 Å². The molecule has 13 heavy (non-hydrogen) atoms.